The van der Waals surface area contributed by atoms with Crippen molar-refractivity contribution in [1.82, 2.24) is 9.55 Å². The Kier molecular flexibility index (Phi) is 3.57. The standard InChI is InChI=1S/C15H19N3O2S/c1-9(19)13-12-11(10(2)21-13)14(20)17(3)15(16-12)18-7-5-4-6-8-18/h4-8H2,1-3H3. The Balaban J connectivity index is 2.27. The van der Waals surface area contributed by atoms with Crippen LogP contribution in [0.5, 0.6) is 0 Å². The summed E-state index contributed by atoms with van der Waals surface area (Å²) in [7, 11) is 1.77. The average Bonchev–Trinajstić information content (AvgIpc) is 2.81. The van der Waals surface area contributed by atoms with Crippen molar-refractivity contribution in [3.05, 3.63) is 20.1 Å². The molecule has 1 saturated heterocycles. The first kappa shape index (κ1) is 14.3. The predicted molar refractivity (Wildman–Crippen MR) is 85.7 cm³/mol. The zero-order valence-electron chi connectivity index (χ0n) is 12.6. The van der Waals surface area contributed by atoms with E-state index in [0.717, 1.165) is 30.8 Å². The summed E-state index contributed by atoms with van der Waals surface area (Å²) in [5.74, 6) is 0.663. The van der Waals surface area contributed by atoms with E-state index in [1.54, 1.807) is 11.6 Å². The highest BCUT2D eigenvalue weighted by Gasteiger charge is 2.22. The van der Waals surface area contributed by atoms with E-state index >= 15 is 0 Å². The zero-order chi connectivity index (χ0) is 15.1. The van der Waals surface area contributed by atoms with Gasteiger partial charge in [0.2, 0.25) is 5.95 Å². The highest BCUT2D eigenvalue weighted by atomic mass is 32.1. The summed E-state index contributed by atoms with van der Waals surface area (Å²) in [6.07, 6.45) is 3.47. The van der Waals surface area contributed by atoms with Gasteiger partial charge in [0.25, 0.3) is 5.56 Å². The van der Waals surface area contributed by atoms with Crippen LogP contribution in [-0.4, -0.2) is 28.4 Å². The minimum Gasteiger partial charge on any atom is -0.342 e. The van der Waals surface area contributed by atoms with E-state index in [1.165, 1.54) is 24.7 Å². The van der Waals surface area contributed by atoms with E-state index in [4.69, 9.17) is 0 Å². The van der Waals surface area contributed by atoms with Crippen LogP contribution in [0, 0.1) is 6.92 Å². The molecule has 0 radical (unpaired) electrons. The molecule has 1 aliphatic rings. The number of anilines is 1. The fourth-order valence-electron chi connectivity index (χ4n) is 2.94. The van der Waals surface area contributed by atoms with Crippen LogP contribution in [0.1, 0.15) is 40.7 Å². The van der Waals surface area contributed by atoms with Crippen LogP contribution in [0.2, 0.25) is 0 Å². The van der Waals surface area contributed by atoms with Crippen molar-refractivity contribution in [1.29, 1.82) is 0 Å². The van der Waals surface area contributed by atoms with Crippen LogP contribution in [0.3, 0.4) is 0 Å². The highest BCUT2D eigenvalue weighted by molar-refractivity contribution is 7.15. The van der Waals surface area contributed by atoms with Crippen molar-refractivity contribution in [3.63, 3.8) is 0 Å². The number of rotatable bonds is 2. The average molecular weight is 305 g/mol. The van der Waals surface area contributed by atoms with Gasteiger partial charge in [0.15, 0.2) is 5.78 Å². The molecule has 112 valence electrons. The minimum atomic E-state index is -0.0539. The van der Waals surface area contributed by atoms with E-state index in [9.17, 15) is 9.59 Å². The lowest BCUT2D eigenvalue weighted by Gasteiger charge is -2.28. The Morgan fingerprint density at radius 3 is 2.52 bits per heavy atom. The maximum Gasteiger partial charge on any atom is 0.263 e. The van der Waals surface area contributed by atoms with Gasteiger partial charge in [-0.25, -0.2) is 4.98 Å². The number of aryl methyl sites for hydroxylation is 1. The summed E-state index contributed by atoms with van der Waals surface area (Å²) >= 11 is 1.37. The van der Waals surface area contributed by atoms with E-state index < -0.39 is 0 Å². The molecule has 1 aliphatic heterocycles. The smallest absolute Gasteiger partial charge is 0.263 e. The molecule has 2 aromatic heterocycles. The van der Waals surface area contributed by atoms with Crippen molar-refractivity contribution in [2.75, 3.05) is 18.0 Å². The summed E-state index contributed by atoms with van der Waals surface area (Å²) in [6, 6.07) is 0. The molecule has 0 N–H and O–H groups in total. The topological polar surface area (TPSA) is 55.2 Å². The number of fused-ring (bicyclic) bond motifs is 1. The van der Waals surface area contributed by atoms with Crippen molar-refractivity contribution in [3.8, 4) is 0 Å². The third kappa shape index (κ3) is 2.27. The van der Waals surface area contributed by atoms with Gasteiger partial charge in [-0.3, -0.25) is 14.2 Å². The lowest BCUT2D eigenvalue weighted by Crippen LogP contribution is -2.35. The Bertz CT molecular complexity index is 769. The number of nitrogens with zero attached hydrogens (tertiary/aromatic N) is 3. The maximum absolute atomic E-state index is 12.6. The Hall–Kier alpha value is -1.69. The molecule has 0 amide bonds. The summed E-state index contributed by atoms with van der Waals surface area (Å²) in [6.45, 7) is 5.25. The Morgan fingerprint density at radius 1 is 1.24 bits per heavy atom. The number of Topliss-reactive ketones (excluding diaryl/α,β-unsaturated/α-hetero) is 1. The second-order valence-electron chi connectivity index (χ2n) is 5.59. The lowest BCUT2D eigenvalue weighted by molar-refractivity contribution is 0.102. The third-order valence-corrected chi connectivity index (χ3v) is 5.24. The van der Waals surface area contributed by atoms with Crippen LogP contribution < -0.4 is 10.5 Å². The van der Waals surface area contributed by atoms with E-state index in [0.29, 0.717) is 21.7 Å². The van der Waals surface area contributed by atoms with Crippen molar-refractivity contribution >= 4 is 34.0 Å². The molecule has 0 saturated carbocycles. The van der Waals surface area contributed by atoms with Crippen molar-refractivity contribution in [2.45, 2.75) is 33.1 Å². The number of carbonyl (C=O) groups is 1. The molecule has 5 nitrogen and oxygen atoms in total. The highest BCUT2D eigenvalue weighted by Crippen LogP contribution is 2.29. The zero-order valence-corrected chi connectivity index (χ0v) is 13.4. The van der Waals surface area contributed by atoms with E-state index in [1.807, 2.05) is 6.92 Å². The number of ketones is 1. The van der Waals surface area contributed by atoms with Crippen LogP contribution >= 0.6 is 11.3 Å². The first-order chi connectivity index (χ1) is 10.0. The molecule has 0 aliphatic carbocycles. The minimum absolute atomic E-state index is 0.0246. The van der Waals surface area contributed by atoms with Gasteiger partial charge in [0.1, 0.15) is 5.52 Å². The van der Waals surface area contributed by atoms with Crippen LogP contribution in [0.4, 0.5) is 5.95 Å². The fourth-order valence-corrected chi connectivity index (χ4v) is 3.92. The molecular formula is C15H19N3O2S. The summed E-state index contributed by atoms with van der Waals surface area (Å²) in [4.78, 5) is 32.7. The summed E-state index contributed by atoms with van der Waals surface area (Å²) in [5.41, 5.74) is 0.524. The van der Waals surface area contributed by atoms with Crippen LogP contribution in [-0.2, 0) is 7.05 Å². The first-order valence-corrected chi connectivity index (χ1v) is 8.08. The number of carbonyl (C=O) groups excluding carboxylic acids is 1. The van der Waals surface area contributed by atoms with E-state index in [-0.39, 0.29) is 11.3 Å². The number of thiophene rings is 1. The molecule has 0 spiro atoms. The van der Waals surface area contributed by atoms with Gasteiger partial charge in [0, 0.05) is 31.9 Å². The lowest BCUT2D eigenvalue weighted by atomic mass is 10.1. The summed E-state index contributed by atoms with van der Waals surface area (Å²) < 4.78 is 1.62. The second kappa shape index (κ2) is 5.26. The van der Waals surface area contributed by atoms with Gasteiger partial charge >= 0.3 is 0 Å². The normalized spacial score (nSPS) is 15.7. The number of piperidine rings is 1. The Labute approximate surface area is 127 Å². The summed E-state index contributed by atoms with van der Waals surface area (Å²) in [5, 5.41) is 0.591. The molecule has 2 aromatic rings. The molecular weight excluding hydrogens is 286 g/mol. The van der Waals surface area contributed by atoms with Gasteiger partial charge in [-0.15, -0.1) is 11.3 Å². The quantitative estimate of drug-likeness (QED) is 0.800. The second-order valence-corrected chi connectivity index (χ2v) is 6.82. The van der Waals surface area contributed by atoms with Gasteiger partial charge in [-0.1, -0.05) is 0 Å². The largest absolute Gasteiger partial charge is 0.342 e. The number of aromatic nitrogens is 2. The van der Waals surface area contributed by atoms with Gasteiger partial charge in [-0.05, 0) is 26.2 Å². The van der Waals surface area contributed by atoms with Crippen molar-refractivity contribution < 1.29 is 4.79 Å². The SMILES string of the molecule is CC(=O)c1sc(C)c2c(=O)n(C)c(N3CCCCC3)nc12. The molecule has 3 heterocycles. The monoisotopic (exact) mass is 305 g/mol. The molecule has 0 atom stereocenters. The molecule has 0 unspecified atom stereocenters. The van der Waals surface area contributed by atoms with Crippen LogP contribution in [0.15, 0.2) is 4.79 Å². The van der Waals surface area contributed by atoms with Crippen molar-refractivity contribution in [2.24, 2.45) is 7.05 Å². The third-order valence-electron chi connectivity index (χ3n) is 4.05. The molecule has 0 aromatic carbocycles. The van der Waals surface area contributed by atoms with E-state index in [2.05, 4.69) is 9.88 Å². The molecule has 6 heteroatoms. The first-order valence-electron chi connectivity index (χ1n) is 7.26. The maximum atomic E-state index is 12.6. The number of hydrogen-bond acceptors (Lipinski definition) is 5. The van der Waals surface area contributed by atoms with Gasteiger partial charge in [0.05, 0.1) is 10.3 Å². The molecule has 1 fully saturated rings. The number of hydrogen-bond donors (Lipinski definition) is 0. The predicted octanol–water partition coefficient (Wildman–Crippen LogP) is 2.50. The molecule has 0 bridgehead atoms. The Morgan fingerprint density at radius 2 is 1.90 bits per heavy atom. The van der Waals surface area contributed by atoms with Crippen LogP contribution in [0.25, 0.3) is 10.9 Å². The van der Waals surface area contributed by atoms with Gasteiger partial charge in [-0.2, -0.15) is 0 Å². The molecule has 21 heavy (non-hydrogen) atoms. The van der Waals surface area contributed by atoms with Gasteiger partial charge < -0.3 is 4.90 Å². The fraction of sp³-hybridized carbons (Fsp3) is 0.533. The molecule has 3 rings (SSSR count).